The first-order valence-corrected chi connectivity index (χ1v) is 12.2. The third-order valence-electron chi connectivity index (χ3n) is 5.49. The molecular weight excluding hydrogens is 453 g/mol. The van der Waals surface area contributed by atoms with Gasteiger partial charge in [0.05, 0.1) is 0 Å². The zero-order valence-electron chi connectivity index (χ0n) is 19.0. The van der Waals surface area contributed by atoms with Crippen molar-refractivity contribution < 1.29 is 9.18 Å². The maximum Gasteiger partial charge on any atom is 0.251 e. The van der Waals surface area contributed by atoms with Crippen molar-refractivity contribution in [1.29, 1.82) is 0 Å². The Morgan fingerprint density at radius 3 is 2.58 bits per heavy atom. The van der Waals surface area contributed by atoms with Crippen molar-refractivity contribution >= 4 is 38.9 Å². The van der Waals surface area contributed by atoms with Crippen LogP contribution in [-0.2, 0) is 6.42 Å². The zero-order valence-corrected chi connectivity index (χ0v) is 20.6. The van der Waals surface area contributed by atoms with Crippen molar-refractivity contribution in [2.75, 3.05) is 6.54 Å². The van der Waals surface area contributed by atoms with Gasteiger partial charge in [0, 0.05) is 33.1 Å². The first kappa shape index (κ1) is 23.5. The summed E-state index contributed by atoms with van der Waals surface area (Å²) in [5.41, 5.74) is 3.78. The second kappa shape index (κ2) is 9.66. The minimum absolute atomic E-state index is 0.0527. The fraction of sp³-hybridized carbons (Fsp3) is 0.250. The summed E-state index contributed by atoms with van der Waals surface area (Å²) in [6.45, 7) is 7.15. The van der Waals surface area contributed by atoms with Gasteiger partial charge in [0.25, 0.3) is 5.91 Å². The number of amides is 1. The molecule has 0 aliphatic rings. The monoisotopic (exact) mass is 479 g/mol. The van der Waals surface area contributed by atoms with Gasteiger partial charge < -0.3 is 5.32 Å². The number of hydrogen-bond acceptors (Lipinski definition) is 2. The molecule has 1 heterocycles. The molecule has 0 aliphatic carbocycles. The number of halogens is 2. The molecule has 0 fully saturated rings. The number of carbonyl (C=O) groups is 1. The molecule has 0 spiro atoms. The minimum Gasteiger partial charge on any atom is -0.352 e. The third-order valence-corrected chi connectivity index (χ3v) is 6.89. The minimum atomic E-state index is -0.322. The van der Waals surface area contributed by atoms with Gasteiger partial charge in [0.15, 0.2) is 0 Å². The zero-order chi connectivity index (χ0) is 23.6. The molecule has 33 heavy (non-hydrogen) atoms. The Balaban J connectivity index is 1.59. The fourth-order valence-corrected chi connectivity index (χ4v) is 5.30. The van der Waals surface area contributed by atoms with Gasteiger partial charge in [-0.25, -0.2) is 4.39 Å². The van der Waals surface area contributed by atoms with Crippen molar-refractivity contribution in [3.8, 4) is 11.1 Å². The lowest BCUT2D eigenvalue weighted by atomic mass is 9.92. The summed E-state index contributed by atoms with van der Waals surface area (Å²) >= 11 is 7.72. The molecule has 0 bridgehead atoms. The van der Waals surface area contributed by atoms with Crippen LogP contribution in [-0.4, -0.2) is 12.5 Å². The van der Waals surface area contributed by atoms with Crippen molar-refractivity contribution in [1.82, 2.24) is 5.32 Å². The van der Waals surface area contributed by atoms with Gasteiger partial charge in [-0.1, -0.05) is 62.7 Å². The van der Waals surface area contributed by atoms with Gasteiger partial charge in [-0.2, -0.15) is 0 Å². The van der Waals surface area contributed by atoms with Crippen molar-refractivity contribution in [3.63, 3.8) is 0 Å². The maximum absolute atomic E-state index is 13.7. The highest BCUT2D eigenvalue weighted by molar-refractivity contribution is 7.19. The van der Waals surface area contributed by atoms with E-state index in [9.17, 15) is 9.18 Å². The molecule has 1 N–H and O–H groups in total. The predicted octanol–water partition coefficient (Wildman–Crippen LogP) is 8.12. The van der Waals surface area contributed by atoms with Crippen LogP contribution in [0.25, 0.3) is 21.2 Å². The van der Waals surface area contributed by atoms with Crippen molar-refractivity contribution in [3.05, 3.63) is 93.6 Å². The highest BCUT2D eigenvalue weighted by Gasteiger charge is 2.14. The van der Waals surface area contributed by atoms with Crippen LogP contribution in [0.5, 0.6) is 0 Å². The first-order chi connectivity index (χ1) is 15.7. The summed E-state index contributed by atoms with van der Waals surface area (Å²) in [7, 11) is 0. The number of nitrogens with one attached hydrogen (secondary N) is 1. The Labute approximate surface area is 203 Å². The van der Waals surface area contributed by atoms with Gasteiger partial charge in [0.1, 0.15) is 5.82 Å². The standard InChI is InChI=1S/C28H27ClFNOS/c1-28(2,3)10-11-31-27(32)21-8-4-6-19(15-21)25-9-5-7-20-16-24(33-26(20)25)14-18-12-22(29)17-23(30)13-18/h4-9,12-13,15-17H,10-11,14H2,1-3H3,(H,31,32). The van der Waals surface area contributed by atoms with E-state index < -0.39 is 0 Å². The molecule has 0 saturated carbocycles. The second-order valence-corrected chi connectivity index (χ2v) is 11.1. The Morgan fingerprint density at radius 2 is 1.82 bits per heavy atom. The third kappa shape index (κ3) is 6.01. The smallest absolute Gasteiger partial charge is 0.251 e. The molecule has 0 unspecified atom stereocenters. The number of carbonyl (C=O) groups excluding carboxylic acids is 1. The summed E-state index contributed by atoms with van der Waals surface area (Å²) < 4.78 is 14.9. The van der Waals surface area contributed by atoms with Gasteiger partial charge in [-0.15, -0.1) is 11.3 Å². The van der Waals surface area contributed by atoms with E-state index in [4.69, 9.17) is 11.6 Å². The molecular formula is C28H27ClFNOS. The number of benzene rings is 3. The summed E-state index contributed by atoms with van der Waals surface area (Å²) in [6, 6.07) is 20.8. The predicted molar refractivity (Wildman–Crippen MR) is 138 cm³/mol. The van der Waals surface area contributed by atoms with Gasteiger partial charge in [0.2, 0.25) is 0 Å². The lowest BCUT2D eigenvalue weighted by Gasteiger charge is -2.18. The van der Waals surface area contributed by atoms with Gasteiger partial charge in [-0.05, 0) is 70.3 Å². The molecule has 3 aromatic carbocycles. The Kier molecular flexibility index (Phi) is 6.87. The van der Waals surface area contributed by atoms with Crippen LogP contribution in [0.15, 0.2) is 66.7 Å². The highest BCUT2D eigenvalue weighted by Crippen LogP contribution is 2.36. The average molecular weight is 480 g/mol. The fourth-order valence-electron chi connectivity index (χ4n) is 3.83. The summed E-state index contributed by atoms with van der Waals surface area (Å²) in [4.78, 5) is 13.8. The molecule has 0 atom stereocenters. The van der Waals surface area contributed by atoms with E-state index in [0.29, 0.717) is 23.6 Å². The van der Waals surface area contributed by atoms with Crippen LogP contribution >= 0.6 is 22.9 Å². The molecule has 4 aromatic rings. The van der Waals surface area contributed by atoms with Crippen LogP contribution in [0.4, 0.5) is 4.39 Å². The van der Waals surface area contributed by atoms with Gasteiger partial charge >= 0.3 is 0 Å². The number of thiophene rings is 1. The van der Waals surface area contributed by atoms with E-state index >= 15 is 0 Å². The average Bonchev–Trinajstić information content (AvgIpc) is 3.14. The van der Waals surface area contributed by atoms with Crippen LogP contribution in [0, 0.1) is 11.2 Å². The van der Waals surface area contributed by atoms with Gasteiger partial charge in [-0.3, -0.25) is 4.79 Å². The van der Waals surface area contributed by atoms with E-state index in [1.807, 2.05) is 30.3 Å². The molecule has 5 heteroatoms. The highest BCUT2D eigenvalue weighted by atomic mass is 35.5. The molecule has 0 saturated heterocycles. The number of hydrogen-bond donors (Lipinski definition) is 1. The van der Waals surface area contributed by atoms with Crippen LogP contribution in [0.3, 0.4) is 0 Å². The molecule has 170 valence electrons. The normalized spacial score (nSPS) is 11.7. The Bertz CT molecular complexity index is 1280. The molecule has 0 aliphatic heterocycles. The number of fused-ring (bicyclic) bond motifs is 1. The summed E-state index contributed by atoms with van der Waals surface area (Å²) in [5.74, 6) is -0.375. The number of rotatable bonds is 6. The molecule has 0 radical (unpaired) electrons. The maximum atomic E-state index is 13.7. The van der Waals surface area contributed by atoms with E-state index in [1.54, 1.807) is 17.4 Å². The molecule has 1 amide bonds. The lowest BCUT2D eigenvalue weighted by Crippen LogP contribution is -2.27. The quantitative estimate of drug-likeness (QED) is 0.297. The summed E-state index contributed by atoms with van der Waals surface area (Å²) in [6.07, 6.45) is 1.54. The largest absolute Gasteiger partial charge is 0.352 e. The molecule has 2 nitrogen and oxygen atoms in total. The Morgan fingerprint density at radius 1 is 1.03 bits per heavy atom. The Hall–Kier alpha value is -2.69. The molecule has 4 rings (SSSR count). The molecule has 1 aromatic heterocycles. The van der Waals surface area contributed by atoms with Crippen molar-refractivity contribution in [2.45, 2.75) is 33.6 Å². The van der Waals surface area contributed by atoms with E-state index in [2.05, 4.69) is 44.3 Å². The van der Waals surface area contributed by atoms with Crippen LogP contribution in [0.2, 0.25) is 5.02 Å². The summed E-state index contributed by atoms with van der Waals surface area (Å²) in [5, 5.41) is 4.58. The first-order valence-electron chi connectivity index (χ1n) is 11.0. The second-order valence-electron chi connectivity index (χ2n) is 9.54. The van der Waals surface area contributed by atoms with Crippen LogP contribution in [0.1, 0.15) is 48.0 Å². The van der Waals surface area contributed by atoms with E-state index in [0.717, 1.165) is 38.1 Å². The van der Waals surface area contributed by atoms with E-state index in [-0.39, 0.29) is 17.1 Å². The van der Waals surface area contributed by atoms with E-state index in [1.165, 1.54) is 12.1 Å². The van der Waals surface area contributed by atoms with Crippen LogP contribution < -0.4 is 5.32 Å². The topological polar surface area (TPSA) is 29.1 Å². The van der Waals surface area contributed by atoms with Crippen molar-refractivity contribution in [2.24, 2.45) is 5.41 Å². The lowest BCUT2D eigenvalue weighted by molar-refractivity contribution is 0.0949. The SMILES string of the molecule is CC(C)(C)CCNC(=O)c1cccc(-c2cccc3cc(Cc4cc(F)cc(Cl)c4)sc23)c1.